The molecule has 0 N–H and O–H groups in total. The Morgan fingerprint density at radius 1 is 0.952 bits per heavy atom. The molecule has 0 heterocycles. The minimum Gasteiger partial charge on any atom is -0.378 e. The van der Waals surface area contributed by atoms with E-state index in [0.29, 0.717) is 16.9 Å². The van der Waals surface area contributed by atoms with E-state index in [1.807, 2.05) is 0 Å². The lowest BCUT2D eigenvalue weighted by atomic mass is 9.70. The third-order valence-electron chi connectivity index (χ3n) is 6.81. The molecule has 2 fully saturated rings. The quantitative estimate of drug-likeness (QED) is 0.326. The number of ether oxygens (including phenoxy) is 1. The van der Waals surface area contributed by atoms with E-state index in [-0.39, 0.29) is 0 Å². The van der Waals surface area contributed by atoms with Crippen LogP contribution in [0.15, 0.2) is 0 Å². The Bertz CT molecular complexity index is 315. The van der Waals surface area contributed by atoms with Crippen LogP contribution in [0.25, 0.3) is 0 Å². The predicted molar refractivity (Wildman–Crippen MR) is 95.1 cm³/mol. The van der Waals surface area contributed by atoms with Gasteiger partial charge in [-0.25, -0.2) is 0 Å². The molecule has 3 atom stereocenters. The van der Waals surface area contributed by atoms with Crippen LogP contribution in [-0.2, 0) is 4.74 Å². The van der Waals surface area contributed by atoms with Gasteiger partial charge >= 0.3 is 0 Å². The van der Waals surface area contributed by atoms with Crippen molar-refractivity contribution in [2.24, 2.45) is 16.7 Å². The molecule has 2 saturated carbocycles. The van der Waals surface area contributed by atoms with Crippen molar-refractivity contribution in [3.05, 3.63) is 0 Å². The van der Waals surface area contributed by atoms with E-state index in [9.17, 15) is 0 Å². The maximum absolute atomic E-state index is 6.31. The van der Waals surface area contributed by atoms with Crippen molar-refractivity contribution in [2.75, 3.05) is 11.9 Å². The summed E-state index contributed by atoms with van der Waals surface area (Å²) in [7, 11) is 0. The molecule has 1 nitrogen and oxygen atoms in total. The topological polar surface area (TPSA) is 9.23 Å². The molecule has 0 aromatic rings. The summed E-state index contributed by atoms with van der Waals surface area (Å²) in [5, 5.41) is 1.17. The fourth-order valence-electron chi connectivity index (χ4n) is 4.69. The monoisotopic (exact) mass is 358 g/mol. The smallest absolute Gasteiger partial charge is 0.0636 e. The summed E-state index contributed by atoms with van der Waals surface area (Å²) in [5.74, 6) is 0.905. The van der Waals surface area contributed by atoms with E-state index in [0.717, 1.165) is 12.5 Å². The number of alkyl halides is 1. The molecule has 2 aliphatic rings. The minimum atomic E-state index is 0.438. The molecular formula is C19H35BrO. The predicted octanol–water partition coefficient (Wildman–Crippen LogP) is 6.34. The van der Waals surface area contributed by atoms with Crippen molar-refractivity contribution in [3.8, 4) is 0 Å². The van der Waals surface area contributed by atoms with Crippen LogP contribution in [0.2, 0.25) is 0 Å². The number of rotatable bonds is 10. The minimum absolute atomic E-state index is 0.438. The van der Waals surface area contributed by atoms with E-state index in [4.69, 9.17) is 4.74 Å². The van der Waals surface area contributed by atoms with Gasteiger partial charge in [0.2, 0.25) is 0 Å². The van der Waals surface area contributed by atoms with Gasteiger partial charge in [-0.15, -0.1) is 0 Å². The van der Waals surface area contributed by atoms with Crippen molar-refractivity contribution in [3.63, 3.8) is 0 Å². The number of hydrogen-bond donors (Lipinski definition) is 0. The van der Waals surface area contributed by atoms with Crippen molar-refractivity contribution in [2.45, 2.75) is 91.1 Å². The molecule has 124 valence electrons. The molecule has 0 amide bonds. The first-order chi connectivity index (χ1) is 10.0. The van der Waals surface area contributed by atoms with Gasteiger partial charge in [0.15, 0.2) is 0 Å². The SMILES string of the molecule is CC1(C)C2CCC1(C)C(OCCCCCCCCCBr)C2. The Balaban J connectivity index is 1.54. The fourth-order valence-corrected chi connectivity index (χ4v) is 5.08. The van der Waals surface area contributed by atoms with E-state index >= 15 is 0 Å². The Hall–Kier alpha value is 0.440. The zero-order chi connectivity index (χ0) is 15.3. The number of halogens is 1. The Labute approximate surface area is 140 Å². The van der Waals surface area contributed by atoms with Crippen LogP contribution >= 0.6 is 15.9 Å². The molecule has 2 rings (SSSR count). The van der Waals surface area contributed by atoms with Crippen LogP contribution in [0.5, 0.6) is 0 Å². The molecule has 2 heteroatoms. The molecule has 3 unspecified atom stereocenters. The van der Waals surface area contributed by atoms with Crippen molar-refractivity contribution < 1.29 is 4.74 Å². The van der Waals surface area contributed by atoms with Crippen LogP contribution < -0.4 is 0 Å². The van der Waals surface area contributed by atoms with E-state index in [2.05, 4.69) is 36.7 Å². The van der Waals surface area contributed by atoms with Gasteiger partial charge in [-0.2, -0.15) is 0 Å². The largest absolute Gasteiger partial charge is 0.378 e. The van der Waals surface area contributed by atoms with Gasteiger partial charge in [0.1, 0.15) is 0 Å². The standard InChI is InChI=1S/C19H35BrO/c1-18(2)16-11-12-19(18,3)17(15-16)21-14-10-8-6-4-5-7-9-13-20/h16-17H,4-15H2,1-3H3. The highest BCUT2D eigenvalue weighted by atomic mass is 79.9. The van der Waals surface area contributed by atoms with Crippen LogP contribution in [0.1, 0.15) is 85.0 Å². The van der Waals surface area contributed by atoms with Crippen molar-refractivity contribution in [1.82, 2.24) is 0 Å². The lowest BCUT2D eigenvalue weighted by Crippen LogP contribution is -2.37. The van der Waals surface area contributed by atoms with Crippen molar-refractivity contribution >= 4 is 15.9 Å². The molecular weight excluding hydrogens is 324 g/mol. The highest BCUT2D eigenvalue weighted by molar-refractivity contribution is 9.09. The normalized spacial score (nSPS) is 33.7. The zero-order valence-corrected chi connectivity index (χ0v) is 16.0. The van der Waals surface area contributed by atoms with Crippen LogP contribution in [0.4, 0.5) is 0 Å². The summed E-state index contributed by atoms with van der Waals surface area (Å²) in [6.07, 6.45) is 14.2. The second-order valence-corrected chi connectivity index (χ2v) is 8.93. The lowest BCUT2D eigenvalue weighted by molar-refractivity contribution is -0.0475. The molecule has 0 radical (unpaired) electrons. The first kappa shape index (κ1) is 17.8. The number of unbranched alkanes of at least 4 members (excludes halogenated alkanes) is 6. The first-order valence-electron chi connectivity index (χ1n) is 9.20. The van der Waals surface area contributed by atoms with Gasteiger partial charge in [0.05, 0.1) is 6.10 Å². The fraction of sp³-hybridized carbons (Fsp3) is 1.00. The van der Waals surface area contributed by atoms with Gasteiger partial charge in [-0.3, -0.25) is 0 Å². The maximum Gasteiger partial charge on any atom is 0.0636 e. The second kappa shape index (κ2) is 7.81. The Morgan fingerprint density at radius 2 is 1.57 bits per heavy atom. The second-order valence-electron chi connectivity index (χ2n) is 8.13. The number of hydrogen-bond acceptors (Lipinski definition) is 1. The van der Waals surface area contributed by atoms with Crippen LogP contribution in [0.3, 0.4) is 0 Å². The van der Waals surface area contributed by atoms with Gasteiger partial charge < -0.3 is 4.74 Å². The van der Waals surface area contributed by atoms with Gasteiger partial charge in [0.25, 0.3) is 0 Å². The maximum atomic E-state index is 6.31. The van der Waals surface area contributed by atoms with E-state index in [1.54, 1.807) is 0 Å². The molecule has 2 aliphatic carbocycles. The zero-order valence-electron chi connectivity index (χ0n) is 14.4. The Morgan fingerprint density at radius 3 is 2.10 bits per heavy atom. The molecule has 2 bridgehead atoms. The summed E-state index contributed by atoms with van der Waals surface area (Å²) in [6, 6.07) is 0. The molecule has 0 aromatic heterocycles. The third kappa shape index (κ3) is 3.86. The average Bonchev–Trinajstić information content (AvgIpc) is 2.78. The van der Waals surface area contributed by atoms with Gasteiger partial charge in [0, 0.05) is 11.9 Å². The molecule has 0 saturated heterocycles. The van der Waals surface area contributed by atoms with E-state index in [1.165, 1.54) is 69.5 Å². The van der Waals surface area contributed by atoms with Gasteiger partial charge in [-0.1, -0.05) is 68.8 Å². The Kier molecular flexibility index (Phi) is 6.62. The molecule has 0 spiro atoms. The van der Waals surface area contributed by atoms with Crippen LogP contribution in [0, 0.1) is 16.7 Å². The summed E-state index contributed by atoms with van der Waals surface area (Å²) in [5.41, 5.74) is 0.931. The summed E-state index contributed by atoms with van der Waals surface area (Å²) in [4.78, 5) is 0. The third-order valence-corrected chi connectivity index (χ3v) is 7.37. The molecule has 21 heavy (non-hydrogen) atoms. The lowest BCUT2D eigenvalue weighted by Gasteiger charge is -2.39. The van der Waals surface area contributed by atoms with Gasteiger partial charge in [-0.05, 0) is 48.9 Å². The van der Waals surface area contributed by atoms with Crippen LogP contribution in [-0.4, -0.2) is 18.0 Å². The summed E-state index contributed by atoms with van der Waals surface area (Å²) >= 11 is 3.49. The molecule has 0 aromatic carbocycles. The van der Waals surface area contributed by atoms with Crippen molar-refractivity contribution in [1.29, 1.82) is 0 Å². The summed E-state index contributed by atoms with van der Waals surface area (Å²) in [6.45, 7) is 8.42. The number of fused-ring (bicyclic) bond motifs is 2. The summed E-state index contributed by atoms with van der Waals surface area (Å²) < 4.78 is 6.31. The van der Waals surface area contributed by atoms with E-state index < -0.39 is 0 Å². The first-order valence-corrected chi connectivity index (χ1v) is 10.3. The highest BCUT2D eigenvalue weighted by Crippen LogP contribution is 2.66. The highest BCUT2D eigenvalue weighted by Gasteiger charge is 2.61. The molecule has 0 aliphatic heterocycles. The average molecular weight is 359 g/mol.